The summed E-state index contributed by atoms with van der Waals surface area (Å²) in [5, 5.41) is 6.16. The summed E-state index contributed by atoms with van der Waals surface area (Å²) < 4.78 is 0. The summed E-state index contributed by atoms with van der Waals surface area (Å²) in [6.07, 6.45) is 2.48. The number of aliphatic imine (C=N–C) groups is 1. The second-order valence-electron chi connectivity index (χ2n) is 7.37. The van der Waals surface area contributed by atoms with Crippen LogP contribution in [0.2, 0.25) is 0 Å². The average molecular weight is 371 g/mol. The van der Waals surface area contributed by atoms with Gasteiger partial charge >= 0.3 is 0 Å². The van der Waals surface area contributed by atoms with E-state index in [2.05, 4.69) is 27.4 Å². The maximum Gasteiger partial charge on any atom is 0.254 e. The topological polar surface area (TPSA) is 77.0 Å². The Balaban J connectivity index is 1.55. The number of amides is 2. The molecule has 1 unspecified atom stereocenters. The number of likely N-dealkylation sites (tertiary alicyclic amines) is 1. The number of hydrogen-bond donors (Lipinski definition) is 2. The normalized spacial score (nSPS) is 21.0. The Kier molecular flexibility index (Phi) is 6.32. The van der Waals surface area contributed by atoms with Crippen LogP contribution in [0.3, 0.4) is 0 Å². The van der Waals surface area contributed by atoms with Crippen LogP contribution in [0.4, 0.5) is 0 Å². The molecule has 2 aliphatic heterocycles. The summed E-state index contributed by atoms with van der Waals surface area (Å²) in [5.41, 5.74) is 1.71. The number of piperidine rings is 1. The van der Waals surface area contributed by atoms with Crippen LogP contribution in [0.5, 0.6) is 0 Å². The molecule has 2 aliphatic rings. The van der Waals surface area contributed by atoms with Crippen molar-refractivity contribution < 1.29 is 9.59 Å². The molecule has 1 aromatic carbocycles. The SMILES string of the molecule is CN=C(NCc1ccc(C(=O)N2CCNC(=O)C2)cc1)N1CCCC(C)C1. The number of carbonyl (C=O) groups excluding carboxylic acids is 2. The molecule has 2 fully saturated rings. The second-order valence-corrected chi connectivity index (χ2v) is 7.37. The van der Waals surface area contributed by atoms with Gasteiger partial charge in [-0.05, 0) is 36.5 Å². The smallest absolute Gasteiger partial charge is 0.254 e. The van der Waals surface area contributed by atoms with Crippen molar-refractivity contribution in [3.05, 3.63) is 35.4 Å². The highest BCUT2D eigenvalue weighted by Gasteiger charge is 2.22. The number of guanidine groups is 1. The minimum Gasteiger partial charge on any atom is -0.353 e. The minimum atomic E-state index is -0.103. The van der Waals surface area contributed by atoms with Crippen molar-refractivity contribution in [2.45, 2.75) is 26.3 Å². The van der Waals surface area contributed by atoms with Crippen molar-refractivity contribution >= 4 is 17.8 Å². The fourth-order valence-corrected chi connectivity index (χ4v) is 3.65. The van der Waals surface area contributed by atoms with E-state index in [1.165, 1.54) is 12.8 Å². The Morgan fingerprint density at radius 3 is 2.70 bits per heavy atom. The molecule has 1 aromatic rings. The molecule has 27 heavy (non-hydrogen) atoms. The highest BCUT2D eigenvalue weighted by molar-refractivity contribution is 5.97. The van der Waals surface area contributed by atoms with E-state index in [4.69, 9.17) is 0 Å². The van der Waals surface area contributed by atoms with Gasteiger partial charge in [-0.15, -0.1) is 0 Å². The fourth-order valence-electron chi connectivity index (χ4n) is 3.65. The molecule has 0 saturated carbocycles. The van der Waals surface area contributed by atoms with Crippen molar-refractivity contribution in [1.82, 2.24) is 20.4 Å². The first kappa shape index (κ1) is 19.2. The zero-order valence-corrected chi connectivity index (χ0v) is 16.2. The first-order valence-corrected chi connectivity index (χ1v) is 9.67. The van der Waals surface area contributed by atoms with Gasteiger partial charge in [-0.1, -0.05) is 19.1 Å². The molecule has 1 atom stereocenters. The van der Waals surface area contributed by atoms with E-state index in [9.17, 15) is 9.59 Å². The van der Waals surface area contributed by atoms with Crippen LogP contribution in [-0.2, 0) is 11.3 Å². The van der Waals surface area contributed by atoms with Crippen LogP contribution < -0.4 is 10.6 Å². The van der Waals surface area contributed by atoms with Crippen molar-refractivity contribution in [1.29, 1.82) is 0 Å². The third kappa shape index (κ3) is 4.99. The van der Waals surface area contributed by atoms with Crippen molar-refractivity contribution in [2.75, 3.05) is 39.8 Å². The van der Waals surface area contributed by atoms with Gasteiger partial charge in [0.25, 0.3) is 5.91 Å². The number of hydrogen-bond acceptors (Lipinski definition) is 3. The molecule has 3 rings (SSSR count). The molecule has 2 amide bonds. The lowest BCUT2D eigenvalue weighted by Crippen LogP contribution is -2.49. The molecule has 0 aromatic heterocycles. The molecular weight excluding hydrogens is 342 g/mol. The quantitative estimate of drug-likeness (QED) is 0.615. The van der Waals surface area contributed by atoms with Gasteiger partial charge in [-0.25, -0.2) is 0 Å². The largest absolute Gasteiger partial charge is 0.353 e. The molecule has 0 radical (unpaired) electrons. The maximum absolute atomic E-state index is 12.5. The lowest BCUT2D eigenvalue weighted by Gasteiger charge is -2.33. The van der Waals surface area contributed by atoms with E-state index in [-0.39, 0.29) is 18.4 Å². The van der Waals surface area contributed by atoms with Gasteiger partial charge in [0.1, 0.15) is 0 Å². The van der Waals surface area contributed by atoms with E-state index in [0.29, 0.717) is 31.1 Å². The van der Waals surface area contributed by atoms with E-state index in [1.807, 2.05) is 31.3 Å². The number of benzene rings is 1. The average Bonchev–Trinajstić information content (AvgIpc) is 2.68. The van der Waals surface area contributed by atoms with Crippen LogP contribution in [-0.4, -0.2) is 67.3 Å². The van der Waals surface area contributed by atoms with Gasteiger partial charge in [0.2, 0.25) is 5.91 Å². The van der Waals surface area contributed by atoms with Gasteiger partial charge < -0.3 is 20.4 Å². The lowest BCUT2D eigenvalue weighted by atomic mass is 10.0. The summed E-state index contributed by atoms with van der Waals surface area (Å²) in [4.78, 5) is 32.3. The Labute approximate surface area is 160 Å². The second kappa shape index (κ2) is 8.88. The molecule has 7 nitrogen and oxygen atoms in total. The number of carbonyl (C=O) groups is 2. The standard InChI is InChI=1S/C20H29N5O2/c1-15-4-3-10-25(13-15)20(21-2)23-12-16-5-7-17(8-6-16)19(27)24-11-9-22-18(26)14-24/h5-8,15H,3-4,9-14H2,1-2H3,(H,21,23)(H,22,26). The molecule has 2 saturated heterocycles. The van der Waals surface area contributed by atoms with Crippen LogP contribution in [0, 0.1) is 5.92 Å². The van der Waals surface area contributed by atoms with Crippen LogP contribution in [0.1, 0.15) is 35.7 Å². The molecule has 2 heterocycles. The van der Waals surface area contributed by atoms with Gasteiger partial charge in [0.05, 0.1) is 6.54 Å². The predicted octanol–water partition coefficient (Wildman–Crippen LogP) is 1.07. The van der Waals surface area contributed by atoms with E-state index >= 15 is 0 Å². The van der Waals surface area contributed by atoms with Crippen molar-refractivity contribution in [3.8, 4) is 0 Å². The molecule has 7 heteroatoms. The number of piperazine rings is 1. The van der Waals surface area contributed by atoms with Gasteiger partial charge in [0.15, 0.2) is 5.96 Å². The molecular formula is C20H29N5O2. The summed E-state index contributed by atoms with van der Waals surface area (Å²) in [6, 6.07) is 7.57. The van der Waals surface area contributed by atoms with Crippen molar-refractivity contribution in [3.63, 3.8) is 0 Å². The number of rotatable bonds is 3. The summed E-state index contributed by atoms with van der Waals surface area (Å²) >= 11 is 0. The summed E-state index contributed by atoms with van der Waals surface area (Å²) in [5.74, 6) is 1.43. The van der Waals surface area contributed by atoms with E-state index in [1.54, 1.807) is 4.90 Å². The Hall–Kier alpha value is -2.57. The zero-order chi connectivity index (χ0) is 19.2. The summed E-state index contributed by atoms with van der Waals surface area (Å²) in [7, 11) is 1.82. The van der Waals surface area contributed by atoms with Gasteiger partial charge in [-0.3, -0.25) is 14.6 Å². The third-order valence-electron chi connectivity index (χ3n) is 5.15. The predicted molar refractivity (Wildman–Crippen MR) is 106 cm³/mol. The van der Waals surface area contributed by atoms with E-state index < -0.39 is 0 Å². The number of nitrogens with zero attached hydrogens (tertiary/aromatic N) is 3. The number of nitrogens with one attached hydrogen (secondary N) is 2. The molecule has 0 bridgehead atoms. The maximum atomic E-state index is 12.5. The highest BCUT2D eigenvalue weighted by atomic mass is 16.2. The van der Waals surface area contributed by atoms with Gasteiger partial charge in [0, 0.05) is 45.3 Å². The summed E-state index contributed by atoms with van der Waals surface area (Å²) in [6.45, 7) is 6.22. The highest BCUT2D eigenvalue weighted by Crippen LogP contribution is 2.15. The first-order chi connectivity index (χ1) is 13.1. The Morgan fingerprint density at radius 2 is 2.04 bits per heavy atom. The Morgan fingerprint density at radius 1 is 1.26 bits per heavy atom. The van der Waals surface area contributed by atoms with Gasteiger partial charge in [-0.2, -0.15) is 0 Å². The Bertz CT molecular complexity index is 701. The fraction of sp³-hybridized carbons (Fsp3) is 0.550. The monoisotopic (exact) mass is 371 g/mol. The molecule has 146 valence electrons. The van der Waals surface area contributed by atoms with Crippen LogP contribution in [0.25, 0.3) is 0 Å². The minimum absolute atomic E-state index is 0.0949. The first-order valence-electron chi connectivity index (χ1n) is 9.67. The van der Waals surface area contributed by atoms with Crippen LogP contribution >= 0.6 is 0 Å². The third-order valence-corrected chi connectivity index (χ3v) is 5.15. The molecule has 0 aliphatic carbocycles. The molecule has 0 spiro atoms. The lowest BCUT2D eigenvalue weighted by molar-refractivity contribution is -0.123. The van der Waals surface area contributed by atoms with Crippen LogP contribution in [0.15, 0.2) is 29.3 Å². The van der Waals surface area contributed by atoms with Crippen molar-refractivity contribution in [2.24, 2.45) is 10.9 Å². The molecule has 2 N–H and O–H groups in total. The zero-order valence-electron chi connectivity index (χ0n) is 16.2. The van der Waals surface area contributed by atoms with E-state index in [0.717, 1.165) is 24.6 Å².